The molecule has 4 aromatic rings. The van der Waals surface area contributed by atoms with Crippen LogP contribution in [0.5, 0.6) is 0 Å². The Labute approximate surface area is 172 Å². The molecule has 1 amide bonds. The van der Waals surface area contributed by atoms with Gasteiger partial charge < -0.3 is 15.5 Å². The van der Waals surface area contributed by atoms with Crippen molar-refractivity contribution < 1.29 is 9.21 Å². The van der Waals surface area contributed by atoms with E-state index < -0.39 is 0 Å². The van der Waals surface area contributed by atoms with Crippen LogP contribution in [0.1, 0.15) is 15.9 Å². The minimum absolute atomic E-state index is 0.202. The Morgan fingerprint density at radius 2 is 1.66 bits per heavy atom. The van der Waals surface area contributed by atoms with Gasteiger partial charge in [-0.15, -0.1) is 10.2 Å². The third kappa shape index (κ3) is 4.64. The number of thioether (sulfide) groups is 1. The lowest BCUT2D eigenvalue weighted by Crippen LogP contribution is -2.13. The molecule has 0 aliphatic heterocycles. The Kier molecular flexibility index (Phi) is 5.58. The minimum Gasteiger partial charge on any atom is -0.411 e. The first kappa shape index (κ1) is 18.8. The summed E-state index contributed by atoms with van der Waals surface area (Å²) in [5.74, 6) is 0.955. The molecule has 0 fully saturated rings. The largest absolute Gasteiger partial charge is 0.411 e. The Morgan fingerprint density at radius 1 is 0.931 bits per heavy atom. The molecule has 0 saturated carbocycles. The lowest BCUT2D eigenvalue weighted by molar-refractivity contribution is 0.102. The highest BCUT2D eigenvalue weighted by Crippen LogP contribution is 2.26. The predicted molar refractivity (Wildman–Crippen MR) is 115 cm³/mol. The second-order valence-electron chi connectivity index (χ2n) is 6.27. The van der Waals surface area contributed by atoms with Gasteiger partial charge in [-0.2, -0.15) is 0 Å². The Balaban J connectivity index is 1.36. The van der Waals surface area contributed by atoms with Gasteiger partial charge in [-0.05, 0) is 42.0 Å². The maximum Gasteiger partial charge on any atom is 0.277 e. The van der Waals surface area contributed by atoms with E-state index in [0.717, 1.165) is 11.1 Å². The highest BCUT2D eigenvalue weighted by atomic mass is 32.2. The van der Waals surface area contributed by atoms with Crippen molar-refractivity contribution in [3.05, 3.63) is 90.0 Å². The molecular formula is C22H18N4O2S. The molecule has 0 bridgehead atoms. The number of carbonyl (C=O) groups excluding carboxylic acids is 1. The van der Waals surface area contributed by atoms with E-state index in [1.165, 1.54) is 11.8 Å². The number of rotatable bonds is 6. The number of hydrogen-bond donors (Lipinski definition) is 2. The molecule has 0 radical (unpaired) electrons. The molecule has 6 nitrogen and oxygen atoms in total. The van der Waals surface area contributed by atoms with Crippen molar-refractivity contribution in [3.63, 3.8) is 0 Å². The molecular weight excluding hydrogens is 384 g/mol. The van der Waals surface area contributed by atoms with Gasteiger partial charge in [-0.1, -0.05) is 54.2 Å². The van der Waals surface area contributed by atoms with E-state index >= 15 is 0 Å². The number of benzene rings is 3. The molecule has 3 aromatic carbocycles. The molecule has 3 N–H and O–H groups in total. The van der Waals surface area contributed by atoms with E-state index in [1.807, 2.05) is 54.6 Å². The summed E-state index contributed by atoms with van der Waals surface area (Å²) in [7, 11) is 0. The van der Waals surface area contributed by atoms with Crippen LogP contribution < -0.4 is 11.1 Å². The third-order valence-electron chi connectivity index (χ3n) is 4.21. The van der Waals surface area contributed by atoms with Crippen molar-refractivity contribution in [2.45, 2.75) is 11.0 Å². The number of anilines is 2. The van der Waals surface area contributed by atoms with Crippen molar-refractivity contribution in [1.82, 2.24) is 10.2 Å². The molecule has 1 heterocycles. The Morgan fingerprint density at radius 3 is 2.41 bits per heavy atom. The van der Waals surface area contributed by atoms with Crippen LogP contribution in [0.25, 0.3) is 11.5 Å². The summed E-state index contributed by atoms with van der Waals surface area (Å²) in [5, 5.41) is 11.5. The van der Waals surface area contributed by atoms with Crippen LogP contribution in [0.4, 0.5) is 11.4 Å². The maximum atomic E-state index is 12.4. The van der Waals surface area contributed by atoms with E-state index in [0.29, 0.717) is 33.8 Å². The van der Waals surface area contributed by atoms with E-state index in [-0.39, 0.29) is 5.91 Å². The average Bonchev–Trinajstić information content (AvgIpc) is 3.24. The molecule has 0 unspecified atom stereocenters. The second-order valence-corrected chi connectivity index (χ2v) is 7.19. The first-order valence-electron chi connectivity index (χ1n) is 8.95. The van der Waals surface area contributed by atoms with Gasteiger partial charge in [0.25, 0.3) is 11.1 Å². The van der Waals surface area contributed by atoms with Gasteiger partial charge >= 0.3 is 0 Å². The minimum atomic E-state index is -0.202. The highest BCUT2D eigenvalue weighted by Gasteiger charge is 2.10. The van der Waals surface area contributed by atoms with Crippen LogP contribution in [-0.2, 0) is 5.75 Å². The van der Waals surface area contributed by atoms with Crippen molar-refractivity contribution in [2.24, 2.45) is 0 Å². The number of nitrogens with two attached hydrogens (primary N) is 1. The molecule has 0 spiro atoms. The molecule has 29 heavy (non-hydrogen) atoms. The van der Waals surface area contributed by atoms with Gasteiger partial charge in [0.2, 0.25) is 5.89 Å². The van der Waals surface area contributed by atoms with Gasteiger partial charge in [0.05, 0.1) is 11.4 Å². The average molecular weight is 402 g/mol. The quantitative estimate of drug-likeness (QED) is 0.353. The molecule has 0 atom stereocenters. The number of nitrogens with zero attached hydrogens (tertiary/aromatic N) is 2. The normalized spacial score (nSPS) is 10.6. The number of aromatic nitrogens is 2. The fourth-order valence-electron chi connectivity index (χ4n) is 2.67. The van der Waals surface area contributed by atoms with E-state index in [4.69, 9.17) is 10.2 Å². The third-order valence-corrected chi connectivity index (χ3v) is 5.10. The van der Waals surface area contributed by atoms with Gasteiger partial charge in [0.15, 0.2) is 0 Å². The van der Waals surface area contributed by atoms with Crippen LogP contribution in [0, 0.1) is 0 Å². The van der Waals surface area contributed by atoms with Crippen LogP contribution in [-0.4, -0.2) is 16.1 Å². The Hall–Kier alpha value is -3.58. The highest BCUT2D eigenvalue weighted by molar-refractivity contribution is 7.98. The number of nitrogen functional groups attached to an aromatic ring is 1. The van der Waals surface area contributed by atoms with Gasteiger partial charge in [0.1, 0.15) is 0 Å². The van der Waals surface area contributed by atoms with Crippen molar-refractivity contribution in [2.75, 3.05) is 11.1 Å². The first-order chi connectivity index (χ1) is 14.2. The summed E-state index contributed by atoms with van der Waals surface area (Å²) >= 11 is 1.45. The lowest BCUT2D eigenvalue weighted by atomic mass is 10.1. The lowest BCUT2D eigenvalue weighted by Gasteiger charge is -2.08. The number of hydrogen-bond acceptors (Lipinski definition) is 6. The predicted octanol–water partition coefficient (Wildman–Crippen LogP) is 4.86. The number of amides is 1. The summed E-state index contributed by atoms with van der Waals surface area (Å²) in [6.45, 7) is 0. The van der Waals surface area contributed by atoms with Gasteiger partial charge in [-0.3, -0.25) is 4.79 Å². The molecule has 0 aliphatic rings. The zero-order chi connectivity index (χ0) is 20.1. The number of para-hydroxylation sites is 2. The van der Waals surface area contributed by atoms with Crippen molar-refractivity contribution >= 4 is 29.0 Å². The van der Waals surface area contributed by atoms with E-state index in [2.05, 4.69) is 15.5 Å². The Bertz CT molecular complexity index is 1110. The fourth-order valence-corrected chi connectivity index (χ4v) is 3.39. The van der Waals surface area contributed by atoms with E-state index in [9.17, 15) is 4.79 Å². The summed E-state index contributed by atoms with van der Waals surface area (Å²) in [4.78, 5) is 12.4. The molecule has 4 rings (SSSR count). The summed E-state index contributed by atoms with van der Waals surface area (Å²) < 4.78 is 5.70. The summed E-state index contributed by atoms with van der Waals surface area (Å²) in [6, 6.07) is 24.2. The van der Waals surface area contributed by atoms with Crippen LogP contribution in [0.3, 0.4) is 0 Å². The SMILES string of the molecule is Nc1ccccc1NC(=O)c1ccc(CSc2nnc(-c3ccccc3)o2)cc1. The zero-order valence-corrected chi connectivity index (χ0v) is 16.2. The topological polar surface area (TPSA) is 94.0 Å². The monoisotopic (exact) mass is 402 g/mol. The fraction of sp³-hybridized carbons (Fsp3) is 0.0455. The zero-order valence-electron chi connectivity index (χ0n) is 15.4. The van der Waals surface area contributed by atoms with Crippen LogP contribution in [0.2, 0.25) is 0 Å². The standard InChI is InChI=1S/C22H18N4O2S/c23-18-8-4-5-9-19(18)24-20(27)16-12-10-15(11-13-16)14-29-22-26-25-21(28-22)17-6-2-1-3-7-17/h1-13H,14,23H2,(H,24,27). The maximum absolute atomic E-state index is 12.4. The molecule has 0 saturated heterocycles. The molecule has 7 heteroatoms. The van der Waals surface area contributed by atoms with Gasteiger partial charge in [-0.25, -0.2) is 0 Å². The smallest absolute Gasteiger partial charge is 0.277 e. The second kappa shape index (κ2) is 8.62. The number of carbonyl (C=O) groups is 1. The van der Waals surface area contributed by atoms with Gasteiger partial charge in [0, 0.05) is 16.9 Å². The van der Waals surface area contributed by atoms with E-state index in [1.54, 1.807) is 24.3 Å². The van der Waals surface area contributed by atoms with Crippen LogP contribution >= 0.6 is 11.8 Å². The van der Waals surface area contributed by atoms with Crippen molar-refractivity contribution in [3.8, 4) is 11.5 Å². The van der Waals surface area contributed by atoms with Crippen molar-refractivity contribution in [1.29, 1.82) is 0 Å². The molecule has 144 valence electrons. The molecule has 1 aromatic heterocycles. The summed E-state index contributed by atoms with van der Waals surface area (Å²) in [6.07, 6.45) is 0. The first-order valence-corrected chi connectivity index (χ1v) is 9.94. The number of nitrogens with one attached hydrogen (secondary N) is 1. The summed E-state index contributed by atoms with van der Waals surface area (Å²) in [5.41, 5.74) is 9.50. The van der Waals surface area contributed by atoms with Crippen LogP contribution in [0.15, 0.2) is 88.5 Å². The molecule has 0 aliphatic carbocycles.